The van der Waals surface area contributed by atoms with Gasteiger partial charge in [0.25, 0.3) is 0 Å². The molecule has 1 atom stereocenters. The Morgan fingerprint density at radius 2 is 2.17 bits per heavy atom. The van der Waals surface area contributed by atoms with Crippen molar-refractivity contribution in [2.24, 2.45) is 0 Å². The number of amides is 1. The molecule has 1 saturated heterocycles. The van der Waals surface area contributed by atoms with Crippen molar-refractivity contribution in [1.82, 2.24) is 9.88 Å². The average Bonchev–Trinajstić information content (AvgIpc) is 3.12. The Kier molecular flexibility index (Phi) is 3.44. The summed E-state index contributed by atoms with van der Waals surface area (Å²) in [6.07, 6.45) is 1.14. The lowest BCUT2D eigenvalue weighted by Crippen LogP contribution is -2.34. The number of carbonyl (C=O) groups excluding carboxylic acids is 2. The number of nitrogens with one attached hydrogen (secondary N) is 1. The molecule has 0 bridgehead atoms. The molecule has 124 valence electrons. The standard InChI is InChI=1S/C19H20N2O3/c1-3-24-19(23)11(2)14-10-16(22)21-9-8-13-12-6-4-5-7-15(12)20-17(13)18(14)21/h4-7,18,20H,3,8-10H2,1-2H3/b14-11+. The van der Waals surface area contributed by atoms with Gasteiger partial charge in [0.15, 0.2) is 0 Å². The van der Waals surface area contributed by atoms with Crippen LogP contribution in [0.4, 0.5) is 0 Å². The van der Waals surface area contributed by atoms with Gasteiger partial charge in [0.1, 0.15) is 0 Å². The van der Waals surface area contributed by atoms with Gasteiger partial charge in [-0.2, -0.15) is 0 Å². The van der Waals surface area contributed by atoms with E-state index in [1.807, 2.05) is 17.0 Å². The van der Waals surface area contributed by atoms with E-state index in [1.54, 1.807) is 13.8 Å². The molecule has 2 aromatic rings. The zero-order chi connectivity index (χ0) is 16.8. The van der Waals surface area contributed by atoms with Gasteiger partial charge >= 0.3 is 5.97 Å². The van der Waals surface area contributed by atoms with Crippen LogP contribution in [-0.2, 0) is 20.7 Å². The zero-order valence-corrected chi connectivity index (χ0v) is 13.9. The van der Waals surface area contributed by atoms with Crippen molar-refractivity contribution in [3.05, 3.63) is 46.7 Å². The van der Waals surface area contributed by atoms with Crippen LogP contribution in [0, 0.1) is 0 Å². The highest BCUT2D eigenvalue weighted by atomic mass is 16.5. The minimum atomic E-state index is -0.328. The maximum atomic E-state index is 12.5. The first-order valence-electron chi connectivity index (χ1n) is 8.37. The molecule has 0 saturated carbocycles. The normalized spacial score (nSPS) is 21.7. The van der Waals surface area contributed by atoms with Gasteiger partial charge < -0.3 is 14.6 Å². The summed E-state index contributed by atoms with van der Waals surface area (Å²) < 4.78 is 5.14. The summed E-state index contributed by atoms with van der Waals surface area (Å²) in [5.74, 6) is -0.242. The monoisotopic (exact) mass is 324 g/mol. The summed E-state index contributed by atoms with van der Waals surface area (Å²) in [5, 5.41) is 1.21. The Labute approximate surface area is 140 Å². The lowest BCUT2D eigenvalue weighted by atomic mass is 9.92. The Morgan fingerprint density at radius 3 is 2.96 bits per heavy atom. The van der Waals surface area contributed by atoms with Crippen molar-refractivity contribution in [3.63, 3.8) is 0 Å². The molecule has 0 spiro atoms. The summed E-state index contributed by atoms with van der Waals surface area (Å²) in [4.78, 5) is 30.0. The first-order valence-corrected chi connectivity index (χ1v) is 8.37. The number of hydrogen-bond acceptors (Lipinski definition) is 3. The minimum absolute atomic E-state index is 0.0861. The number of ether oxygens (including phenoxy) is 1. The quantitative estimate of drug-likeness (QED) is 0.682. The van der Waals surface area contributed by atoms with Crippen LogP contribution in [0.25, 0.3) is 10.9 Å². The van der Waals surface area contributed by atoms with Crippen LogP contribution in [-0.4, -0.2) is 34.9 Å². The van der Waals surface area contributed by atoms with Crippen molar-refractivity contribution < 1.29 is 14.3 Å². The molecule has 1 unspecified atom stereocenters. The number of aromatic nitrogens is 1. The highest BCUT2D eigenvalue weighted by Gasteiger charge is 2.42. The second-order valence-electron chi connectivity index (χ2n) is 6.35. The molecule has 5 nitrogen and oxygen atoms in total. The fourth-order valence-corrected chi connectivity index (χ4v) is 3.94. The third kappa shape index (κ3) is 2.08. The number of fused-ring (bicyclic) bond motifs is 5. The van der Waals surface area contributed by atoms with Gasteiger partial charge in [0, 0.05) is 28.7 Å². The molecule has 4 rings (SSSR count). The van der Waals surface area contributed by atoms with Crippen LogP contribution in [0.3, 0.4) is 0 Å². The smallest absolute Gasteiger partial charge is 0.333 e. The van der Waals surface area contributed by atoms with Crippen molar-refractivity contribution in [2.75, 3.05) is 13.2 Å². The molecule has 1 aromatic heterocycles. The van der Waals surface area contributed by atoms with Gasteiger partial charge in [0.2, 0.25) is 5.91 Å². The first-order chi connectivity index (χ1) is 11.6. The summed E-state index contributed by atoms with van der Waals surface area (Å²) in [7, 11) is 0. The van der Waals surface area contributed by atoms with E-state index in [2.05, 4.69) is 17.1 Å². The highest BCUT2D eigenvalue weighted by Crippen LogP contribution is 2.45. The third-order valence-electron chi connectivity index (χ3n) is 5.09. The predicted molar refractivity (Wildman–Crippen MR) is 90.4 cm³/mol. The Hall–Kier alpha value is -2.56. The van der Waals surface area contributed by atoms with E-state index in [-0.39, 0.29) is 17.9 Å². The lowest BCUT2D eigenvalue weighted by molar-refractivity contribution is -0.138. The predicted octanol–water partition coefficient (Wildman–Crippen LogP) is 2.88. The number of benzene rings is 1. The molecule has 2 aliphatic rings. The highest BCUT2D eigenvalue weighted by molar-refractivity contribution is 5.94. The van der Waals surface area contributed by atoms with Gasteiger partial charge in [0.05, 0.1) is 19.1 Å². The van der Waals surface area contributed by atoms with E-state index < -0.39 is 0 Å². The molecule has 3 heterocycles. The first kappa shape index (κ1) is 15.0. The molecule has 24 heavy (non-hydrogen) atoms. The van der Waals surface area contributed by atoms with Crippen molar-refractivity contribution in [2.45, 2.75) is 32.7 Å². The van der Waals surface area contributed by atoms with Crippen LogP contribution in [0.1, 0.15) is 37.6 Å². The number of esters is 1. The Morgan fingerprint density at radius 1 is 1.38 bits per heavy atom. The van der Waals surface area contributed by atoms with Gasteiger partial charge in [-0.15, -0.1) is 0 Å². The van der Waals surface area contributed by atoms with Gasteiger partial charge in [-0.05, 0) is 37.5 Å². The number of rotatable bonds is 2. The van der Waals surface area contributed by atoms with E-state index in [9.17, 15) is 9.59 Å². The van der Waals surface area contributed by atoms with E-state index in [4.69, 9.17) is 4.74 Å². The molecule has 2 aliphatic heterocycles. The largest absolute Gasteiger partial charge is 0.463 e. The van der Waals surface area contributed by atoms with E-state index in [0.717, 1.165) is 23.2 Å². The van der Waals surface area contributed by atoms with E-state index >= 15 is 0 Å². The summed E-state index contributed by atoms with van der Waals surface area (Å²) >= 11 is 0. The molecule has 0 radical (unpaired) electrons. The Balaban J connectivity index is 1.87. The Bertz CT molecular complexity index is 878. The zero-order valence-electron chi connectivity index (χ0n) is 13.9. The van der Waals surface area contributed by atoms with E-state index in [0.29, 0.717) is 25.1 Å². The van der Waals surface area contributed by atoms with Crippen LogP contribution in [0.15, 0.2) is 35.4 Å². The van der Waals surface area contributed by atoms with Crippen LogP contribution >= 0.6 is 0 Å². The number of carbonyl (C=O) groups is 2. The number of H-pyrrole nitrogens is 1. The second kappa shape index (κ2) is 5.51. The molecule has 5 heteroatoms. The third-order valence-corrected chi connectivity index (χ3v) is 5.09. The van der Waals surface area contributed by atoms with E-state index in [1.165, 1.54) is 10.9 Å². The fraction of sp³-hybridized carbons (Fsp3) is 0.368. The lowest BCUT2D eigenvalue weighted by Gasteiger charge is -2.31. The number of para-hydroxylation sites is 1. The SMILES string of the molecule is CCOC(=O)/C(C)=C1\CC(=O)N2CCc3c([nH]c4ccccc34)C12. The van der Waals surface area contributed by atoms with Gasteiger partial charge in [-0.1, -0.05) is 18.2 Å². The topological polar surface area (TPSA) is 62.4 Å². The molecular formula is C19H20N2O3. The molecule has 1 N–H and O–H groups in total. The van der Waals surface area contributed by atoms with Crippen LogP contribution in [0.2, 0.25) is 0 Å². The van der Waals surface area contributed by atoms with Gasteiger partial charge in [-0.3, -0.25) is 4.79 Å². The molecule has 1 amide bonds. The molecule has 1 fully saturated rings. The fourth-order valence-electron chi connectivity index (χ4n) is 3.94. The number of hydrogen-bond donors (Lipinski definition) is 1. The average molecular weight is 324 g/mol. The maximum Gasteiger partial charge on any atom is 0.333 e. The second-order valence-corrected chi connectivity index (χ2v) is 6.35. The van der Waals surface area contributed by atoms with Crippen molar-refractivity contribution in [1.29, 1.82) is 0 Å². The maximum absolute atomic E-state index is 12.5. The van der Waals surface area contributed by atoms with Crippen LogP contribution < -0.4 is 0 Å². The molecule has 0 aliphatic carbocycles. The summed E-state index contributed by atoms with van der Waals surface area (Å²) in [6, 6.07) is 8.03. The van der Waals surface area contributed by atoms with Gasteiger partial charge in [-0.25, -0.2) is 4.79 Å². The van der Waals surface area contributed by atoms with Crippen molar-refractivity contribution >= 4 is 22.8 Å². The summed E-state index contributed by atoms with van der Waals surface area (Å²) in [5.41, 5.74) is 4.81. The molecule has 1 aromatic carbocycles. The number of aromatic amines is 1. The summed E-state index contributed by atoms with van der Waals surface area (Å²) in [6.45, 7) is 4.58. The molecular weight excluding hydrogens is 304 g/mol. The van der Waals surface area contributed by atoms with Crippen molar-refractivity contribution in [3.8, 4) is 0 Å². The minimum Gasteiger partial charge on any atom is -0.463 e. The van der Waals surface area contributed by atoms with Crippen LogP contribution in [0.5, 0.6) is 0 Å². The number of nitrogens with zero attached hydrogens (tertiary/aromatic N) is 1.